The van der Waals surface area contributed by atoms with Crippen molar-refractivity contribution in [2.24, 2.45) is 0 Å². The Labute approximate surface area is 109 Å². The Morgan fingerprint density at radius 1 is 1.47 bits per heavy atom. The zero-order valence-electron chi connectivity index (χ0n) is 9.64. The molecule has 2 rings (SSSR count). The van der Waals surface area contributed by atoms with Gasteiger partial charge in [-0.2, -0.15) is 0 Å². The van der Waals surface area contributed by atoms with Gasteiger partial charge in [0.15, 0.2) is 0 Å². The molecular formula is C11H13ClN4S. The third-order valence-electron chi connectivity index (χ3n) is 2.39. The lowest BCUT2D eigenvalue weighted by Crippen LogP contribution is -2.11. The topological polar surface area (TPSA) is 50.7 Å². The number of hydrogen-bond acceptors (Lipinski definition) is 5. The summed E-state index contributed by atoms with van der Waals surface area (Å²) in [6, 6.07) is 0. The smallest absolute Gasteiger partial charge is 0.224 e. The third-order valence-corrected chi connectivity index (χ3v) is 3.58. The van der Waals surface area contributed by atoms with E-state index in [-0.39, 0.29) is 5.28 Å². The summed E-state index contributed by atoms with van der Waals surface area (Å²) < 4.78 is 0. The Hall–Kier alpha value is -1.20. The van der Waals surface area contributed by atoms with Gasteiger partial charge >= 0.3 is 0 Å². The van der Waals surface area contributed by atoms with Crippen LogP contribution >= 0.6 is 22.9 Å². The molecule has 2 aromatic heterocycles. The second-order valence-corrected chi connectivity index (χ2v) is 5.09. The minimum atomic E-state index is 0.264. The Morgan fingerprint density at radius 2 is 2.29 bits per heavy atom. The Bertz CT molecular complexity index is 486. The number of rotatable bonds is 4. The maximum absolute atomic E-state index is 5.76. The second-order valence-electron chi connectivity index (χ2n) is 3.82. The Morgan fingerprint density at radius 3 is 3.00 bits per heavy atom. The molecule has 0 saturated carbocycles. The number of thiazole rings is 1. The number of halogens is 1. The van der Waals surface area contributed by atoms with Gasteiger partial charge in [-0.3, -0.25) is 0 Å². The zero-order chi connectivity index (χ0) is 12.3. The maximum Gasteiger partial charge on any atom is 0.224 e. The van der Waals surface area contributed by atoms with Gasteiger partial charge in [0, 0.05) is 35.8 Å². The van der Waals surface area contributed by atoms with Gasteiger partial charge in [0.05, 0.1) is 5.01 Å². The van der Waals surface area contributed by atoms with E-state index < -0.39 is 0 Å². The van der Waals surface area contributed by atoms with E-state index in [9.17, 15) is 0 Å². The molecule has 0 aliphatic carbocycles. The standard InChI is InChI=1S/C11H13ClN4S/c1-7-5-15-11(12)16-9(7)14-6-8(2)10-13-3-4-17-10/h3-5,8H,6H2,1-2H3,(H,14,15,16). The van der Waals surface area contributed by atoms with Crippen LogP contribution in [0.5, 0.6) is 0 Å². The Balaban J connectivity index is 2.00. The van der Waals surface area contributed by atoms with Crippen LogP contribution in [0.2, 0.25) is 5.28 Å². The lowest BCUT2D eigenvalue weighted by Gasteiger charge is -2.12. The van der Waals surface area contributed by atoms with E-state index in [1.807, 2.05) is 18.5 Å². The maximum atomic E-state index is 5.76. The number of aryl methyl sites for hydroxylation is 1. The molecule has 2 heterocycles. The fourth-order valence-electron chi connectivity index (χ4n) is 1.41. The normalized spacial score (nSPS) is 12.4. The molecule has 0 aliphatic heterocycles. The molecule has 0 amide bonds. The molecule has 0 spiro atoms. The van der Waals surface area contributed by atoms with Crippen LogP contribution < -0.4 is 5.32 Å². The zero-order valence-corrected chi connectivity index (χ0v) is 11.2. The van der Waals surface area contributed by atoms with Gasteiger partial charge in [0.2, 0.25) is 5.28 Å². The van der Waals surface area contributed by atoms with Crippen molar-refractivity contribution in [3.63, 3.8) is 0 Å². The minimum absolute atomic E-state index is 0.264. The van der Waals surface area contributed by atoms with Crippen molar-refractivity contribution in [3.05, 3.63) is 33.6 Å². The van der Waals surface area contributed by atoms with Crippen LogP contribution in [0.25, 0.3) is 0 Å². The quantitative estimate of drug-likeness (QED) is 0.866. The van der Waals surface area contributed by atoms with E-state index in [2.05, 4.69) is 27.2 Å². The van der Waals surface area contributed by atoms with Crippen LogP contribution in [0.4, 0.5) is 5.82 Å². The minimum Gasteiger partial charge on any atom is -0.369 e. The summed E-state index contributed by atoms with van der Waals surface area (Å²) in [5, 5.41) is 6.64. The van der Waals surface area contributed by atoms with E-state index >= 15 is 0 Å². The monoisotopic (exact) mass is 268 g/mol. The summed E-state index contributed by atoms with van der Waals surface area (Å²) in [5.41, 5.74) is 0.987. The molecule has 1 N–H and O–H groups in total. The lowest BCUT2D eigenvalue weighted by molar-refractivity contribution is 0.790. The van der Waals surface area contributed by atoms with E-state index in [0.29, 0.717) is 5.92 Å². The van der Waals surface area contributed by atoms with Crippen molar-refractivity contribution in [1.29, 1.82) is 0 Å². The summed E-state index contributed by atoms with van der Waals surface area (Å²) in [5.74, 6) is 1.14. The largest absolute Gasteiger partial charge is 0.369 e. The van der Waals surface area contributed by atoms with Crippen LogP contribution in [0.3, 0.4) is 0 Å². The molecule has 0 aliphatic rings. The first kappa shape index (κ1) is 12.3. The molecule has 0 bridgehead atoms. The van der Waals surface area contributed by atoms with Crippen molar-refractivity contribution >= 4 is 28.8 Å². The van der Waals surface area contributed by atoms with Gasteiger partial charge in [0.25, 0.3) is 0 Å². The van der Waals surface area contributed by atoms with E-state index in [1.54, 1.807) is 17.5 Å². The molecule has 90 valence electrons. The Kier molecular flexibility index (Phi) is 3.91. The molecule has 0 aromatic carbocycles. The van der Waals surface area contributed by atoms with E-state index in [1.165, 1.54) is 0 Å². The first-order chi connectivity index (χ1) is 8.16. The molecule has 1 unspecified atom stereocenters. The third kappa shape index (κ3) is 3.14. The number of nitrogens with one attached hydrogen (secondary N) is 1. The number of nitrogens with zero attached hydrogens (tertiary/aromatic N) is 3. The van der Waals surface area contributed by atoms with Gasteiger partial charge in [-0.15, -0.1) is 11.3 Å². The second kappa shape index (κ2) is 5.42. The molecule has 0 fully saturated rings. The number of anilines is 1. The first-order valence-corrected chi connectivity index (χ1v) is 6.55. The average Bonchev–Trinajstić information content (AvgIpc) is 2.83. The molecule has 17 heavy (non-hydrogen) atoms. The highest BCUT2D eigenvalue weighted by Crippen LogP contribution is 2.19. The molecule has 2 aromatic rings. The van der Waals surface area contributed by atoms with Crippen LogP contribution in [0.15, 0.2) is 17.8 Å². The molecule has 0 radical (unpaired) electrons. The lowest BCUT2D eigenvalue weighted by atomic mass is 10.2. The van der Waals surface area contributed by atoms with Crippen molar-refractivity contribution in [2.45, 2.75) is 19.8 Å². The summed E-state index contributed by atoms with van der Waals surface area (Å²) in [4.78, 5) is 12.4. The van der Waals surface area contributed by atoms with Crippen LogP contribution in [0.1, 0.15) is 23.4 Å². The molecule has 6 heteroatoms. The molecule has 4 nitrogen and oxygen atoms in total. The fraction of sp³-hybridized carbons (Fsp3) is 0.364. The van der Waals surface area contributed by atoms with Gasteiger partial charge in [0.1, 0.15) is 5.82 Å². The first-order valence-electron chi connectivity index (χ1n) is 5.29. The van der Waals surface area contributed by atoms with Crippen molar-refractivity contribution in [1.82, 2.24) is 15.0 Å². The van der Waals surface area contributed by atoms with Crippen molar-refractivity contribution in [3.8, 4) is 0 Å². The SMILES string of the molecule is Cc1cnc(Cl)nc1NCC(C)c1nccs1. The van der Waals surface area contributed by atoms with Crippen molar-refractivity contribution < 1.29 is 0 Å². The summed E-state index contributed by atoms with van der Waals surface area (Å²) in [6.07, 6.45) is 3.54. The van der Waals surface area contributed by atoms with Gasteiger partial charge in [-0.1, -0.05) is 6.92 Å². The van der Waals surface area contributed by atoms with E-state index in [4.69, 9.17) is 11.6 Å². The number of hydrogen-bond donors (Lipinski definition) is 1. The highest BCUT2D eigenvalue weighted by molar-refractivity contribution is 7.09. The predicted octanol–water partition coefficient (Wildman–Crippen LogP) is 3.11. The highest BCUT2D eigenvalue weighted by atomic mass is 35.5. The summed E-state index contributed by atoms with van der Waals surface area (Å²) in [6.45, 7) is 4.86. The van der Waals surface area contributed by atoms with Crippen LogP contribution in [0, 0.1) is 6.92 Å². The van der Waals surface area contributed by atoms with Gasteiger partial charge in [-0.25, -0.2) is 15.0 Å². The predicted molar refractivity (Wildman–Crippen MR) is 70.8 cm³/mol. The van der Waals surface area contributed by atoms with Gasteiger partial charge in [-0.05, 0) is 18.5 Å². The summed E-state index contributed by atoms with van der Waals surface area (Å²) in [7, 11) is 0. The molecule has 1 atom stereocenters. The van der Waals surface area contributed by atoms with Crippen LogP contribution in [-0.4, -0.2) is 21.5 Å². The number of aromatic nitrogens is 3. The fourth-order valence-corrected chi connectivity index (χ4v) is 2.25. The summed E-state index contributed by atoms with van der Waals surface area (Å²) >= 11 is 7.42. The van der Waals surface area contributed by atoms with Crippen molar-refractivity contribution in [2.75, 3.05) is 11.9 Å². The highest BCUT2D eigenvalue weighted by Gasteiger charge is 2.09. The molecular weight excluding hydrogens is 256 g/mol. The van der Waals surface area contributed by atoms with E-state index in [0.717, 1.165) is 22.9 Å². The van der Waals surface area contributed by atoms with Gasteiger partial charge < -0.3 is 5.32 Å². The average molecular weight is 269 g/mol. The van der Waals surface area contributed by atoms with Crippen LogP contribution in [-0.2, 0) is 0 Å². The molecule has 0 saturated heterocycles.